The predicted octanol–water partition coefficient (Wildman–Crippen LogP) is 1.05. The highest BCUT2D eigenvalue weighted by Crippen LogP contribution is 2.37. The van der Waals surface area contributed by atoms with E-state index in [0.29, 0.717) is 12.6 Å². The van der Waals surface area contributed by atoms with Crippen LogP contribution >= 0.6 is 0 Å². The minimum absolute atomic E-state index is 0.284. The Balaban J connectivity index is 2.03. The van der Waals surface area contributed by atoms with Crippen molar-refractivity contribution in [2.75, 3.05) is 32.6 Å². The highest BCUT2D eigenvalue weighted by Gasteiger charge is 2.40. The van der Waals surface area contributed by atoms with Crippen LogP contribution in [0, 0.1) is 0 Å². The van der Waals surface area contributed by atoms with Gasteiger partial charge in [-0.15, -0.1) is 0 Å². The van der Waals surface area contributed by atoms with Gasteiger partial charge in [-0.3, -0.25) is 0 Å². The van der Waals surface area contributed by atoms with Gasteiger partial charge >= 0.3 is 0 Å². The van der Waals surface area contributed by atoms with Crippen molar-refractivity contribution < 1.29 is 4.42 Å². The largest absolute Gasteiger partial charge is 0.432 e. The lowest BCUT2D eigenvalue weighted by Gasteiger charge is -2.48. The molecule has 1 aliphatic carbocycles. The third kappa shape index (κ3) is 2.30. The Kier molecular flexibility index (Phi) is 3.40. The van der Waals surface area contributed by atoms with Crippen molar-refractivity contribution in [2.45, 2.75) is 31.3 Å². The quantitative estimate of drug-likeness (QED) is 0.831. The maximum absolute atomic E-state index is 5.53. The second kappa shape index (κ2) is 4.66. The number of hydrogen-bond acceptors (Lipinski definition) is 5. The molecule has 1 saturated carbocycles. The minimum Gasteiger partial charge on any atom is -0.432 e. The molecule has 0 atom stereocenters. The van der Waals surface area contributed by atoms with Crippen LogP contribution in [0.1, 0.15) is 25.0 Å². The van der Waals surface area contributed by atoms with Crippen molar-refractivity contribution in [3.05, 3.63) is 12.0 Å². The Morgan fingerprint density at radius 1 is 1.41 bits per heavy atom. The van der Waals surface area contributed by atoms with Crippen LogP contribution in [0.3, 0.4) is 0 Å². The highest BCUT2D eigenvalue weighted by atomic mass is 16.4. The topological polar surface area (TPSA) is 58.5 Å². The lowest BCUT2D eigenvalue weighted by Crippen LogP contribution is -2.56. The van der Waals surface area contributed by atoms with Crippen molar-refractivity contribution in [1.29, 1.82) is 0 Å². The van der Waals surface area contributed by atoms with E-state index in [1.807, 2.05) is 7.05 Å². The second-order valence-electron chi connectivity index (χ2n) is 5.15. The number of nitrogens with two attached hydrogens (primary N) is 1. The average Bonchev–Trinajstić information content (AvgIpc) is 2.71. The number of hydrogen-bond donors (Lipinski definition) is 1. The van der Waals surface area contributed by atoms with E-state index in [0.717, 1.165) is 12.2 Å². The summed E-state index contributed by atoms with van der Waals surface area (Å²) in [6.07, 6.45) is 5.43. The molecule has 0 saturated heterocycles. The number of nitrogens with zero attached hydrogens (tertiary/aromatic N) is 3. The van der Waals surface area contributed by atoms with Crippen LogP contribution in [0.15, 0.2) is 10.7 Å². The zero-order chi connectivity index (χ0) is 12.5. The van der Waals surface area contributed by atoms with Gasteiger partial charge in [0.1, 0.15) is 6.26 Å². The molecule has 1 heterocycles. The first-order chi connectivity index (χ1) is 8.07. The van der Waals surface area contributed by atoms with Crippen molar-refractivity contribution in [3.63, 3.8) is 0 Å². The zero-order valence-electron chi connectivity index (χ0n) is 10.9. The van der Waals surface area contributed by atoms with Gasteiger partial charge in [0.25, 0.3) is 6.01 Å². The average molecular weight is 238 g/mol. The number of likely N-dealkylation sites (N-methyl/N-ethyl adjacent to an activating group) is 2. The molecule has 0 spiro atoms. The highest BCUT2D eigenvalue weighted by molar-refractivity contribution is 5.27. The fraction of sp³-hybridized carbons (Fsp3) is 0.750. The molecule has 0 radical (unpaired) electrons. The van der Waals surface area contributed by atoms with E-state index in [2.05, 4.69) is 28.9 Å². The third-order valence-corrected chi connectivity index (χ3v) is 3.84. The van der Waals surface area contributed by atoms with E-state index >= 15 is 0 Å². The van der Waals surface area contributed by atoms with Gasteiger partial charge in [0.2, 0.25) is 0 Å². The van der Waals surface area contributed by atoms with Gasteiger partial charge in [0.05, 0.1) is 5.69 Å². The SMILES string of the molecule is CN(CC1(N(C)C)CCC1)c1nc(CN)co1. The molecular weight excluding hydrogens is 216 g/mol. The molecule has 0 bridgehead atoms. The monoisotopic (exact) mass is 238 g/mol. The van der Waals surface area contributed by atoms with Gasteiger partial charge in [-0.2, -0.15) is 4.98 Å². The number of rotatable bonds is 5. The summed E-state index contributed by atoms with van der Waals surface area (Å²) >= 11 is 0. The lowest BCUT2D eigenvalue weighted by molar-refractivity contribution is 0.0673. The smallest absolute Gasteiger partial charge is 0.297 e. The summed E-state index contributed by atoms with van der Waals surface area (Å²) in [6.45, 7) is 1.38. The van der Waals surface area contributed by atoms with Crippen LogP contribution in [0.25, 0.3) is 0 Å². The molecule has 1 fully saturated rings. The van der Waals surface area contributed by atoms with Gasteiger partial charge < -0.3 is 20.0 Å². The Morgan fingerprint density at radius 2 is 2.12 bits per heavy atom. The van der Waals surface area contributed by atoms with Crippen molar-refractivity contribution in [1.82, 2.24) is 9.88 Å². The summed E-state index contributed by atoms with van der Waals surface area (Å²) in [5.74, 6) is 0. The minimum atomic E-state index is 0.284. The van der Waals surface area contributed by atoms with Gasteiger partial charge in [-0.25, -0.2) is 0 Å². The first kappa shape index (κ1) is 12.4. The summed E-state index contributed by atoms with van der Waals surface area (Å²) in [7, 11) is 6.32. The first-order valence-electron chi connectivity index (χ1n) is 6.10. The summed E-state index contributed by atoms with van der Waals surface area (Å²) in [6, 6.07) is 0.665. The lowest BCUT2D eigenvalue weighted by atomic mass is 9.75. The molecule has 0 unspecified atom stereocenters. The molecule has 0 aromatic carbocycles. The van der Waals surface area contributed by atoms with Crippen LogP contribution in [0.4, 0.5) is 6.01 Å². The first-order valence-corrected chi connectivity index (χ1v) is 6.10. The Hall–Kier alpha value is -1.07. The van der Waals surface area contributed by atoms with Crippen LogP contribution < -0.4 is 10.6 Å². The second-order valence-corrected chi connectivity index (χ2v) is 5.15. The molecule has 1 aromatic heterocycles. The Bertz CT molecular complexity index is 370. The van der Waals surface area contributed by atoms with Crippen molar-refractivity contribution in [3.8, 4) is 0 Å². The Morgan fingerprint density at radius 3 is 2.53 bits per heavy atom. The van der Waals surface area contributed by atoms with Crippen molar-refractivity contribution in [2.24, 2.45) is 5.73 Å². The standard InChI is InChI=1S/C12H22N4O/c1-15(2)12(5-4-6-12)9-16(3)11-14-10(7-13)8-17-11/h8H,4-7,9,13H2,1-3H3. The predicted molar refractivity (Wildman–Crippen MR) is 67.9 cm³/mol. The maximum atomic E-state index is 5.53. The summed E-state index contributed by atoms with van der Waals surface area (Å²) in [5, 5.41) is 0. The summed E-state index contributed by atoms with van der Waals surface area (Å²) < 4.78 is 5.43. The fourth-order valence-electron chi connectivity index (χ4n) is 2.41. The summed E-state index contributed by atoms with van der Waals surface area (Å²) in [5.41, 5.74) is 6.62. The van der Waals surface area contributed by atoms with Gasteiger partial charge in [0.15, 0.2) is 0 Å². The van der Waals surface area contributed by atoms with Gasteiger partial charge in [-0.05, 0) is 33.4 Å². The van der Waals surface area contributed by atoms with Gasteiger partial charge in [0, 0.05) is 25.7 Å². The van der Waals surface area contributed by atoms with E-state index in [1.165, 1.54) is 19.3 Å². The molecule has 96 valence electrons. The van der Waals surface area contributed by atoms with Crippen LogP contribution in [0.2, 0.25) is 0 Å². The number of oxazole rings is 1. The maximum Gasteiger partial charge on any atom is 0.297 e. The van der Waals surface area contributed by atoms with E-state index in [-0.39, 0.29) is 5.54 Å². The molecule has 2 N–H and O–H groups in total. The normalized spacial score (nSPS) is 18.2. The summed E-state index contributed by atoms with van der Waals surface area (Å²) in [4.78, 5) is 8.75. The molecule has 1 aromatic rings. The molecule has 5 nitrogen and oxygen atoms in total. The Labute approximate surface area is 103 Å². The molecular formula is C12H22N4O. The zero-order valence-corrected chi connectivity index (χ0v) is 10.9. The van der Waals surface area contributed by atoms with Crippen LogP contribution in [-0.4, -0.2) is 43.1 Å². The van der Waals surface area contributed by atoms with E-state index < -0.39 is 0 Å². The molecule has 0 amide bonds. The molecule has 2 rings (SSSR count). The molecule has 0 aliphatic heterocycles. The van der Waals surface area contributed by atoms with E-state index in [1.54, 1.807) is 6.26 Å². The molecule has 1 aliphatic rings. The molecule has 17 heavy (non-hydrogen) atoms. The van der Waals surface area contributed by atoms with Gasteiger partial charge in [-0.1, -0.05) is 0 Å². The number of aromatic nitrogens is 1. The number of anilines is 1. The fourth-order valence-corrected chi connectivity index (χ4v) is 2.41. The van der Waals surface area contributed by atoms with E-state index in [9.17, 15) is 0 Å². The molecule has 5 heteroatoms. The van der Waals surface area contributed by atoms with Crippen molar-refractivity contribution >= 4 is 6.01 Å². The third-order valence-electron chi connectivity index (χ3n) is 3.84. The van der Waals surface area contributed by atoms with Crippen LogP contribution in [0.5, 0.6) is 0 Å². The van der Waals surface area contributed by atoms with E-state index in [4.69, 9.17) is 10.2 Å². The van der Waals surface area contributed by atoms with Crippen LogP contribution in [-0.2, 0) is 6.54 Å².